The molecule has 2 aromatic rings. The van der Waals surface area contributed by atoms with Gasteiger partial charge in [-0.2, -0.15) is 0 Å². The van der Waals surface area contributed by atoms with Gasteiger partial charge in [-0.25, -0.2) is 9.78 Å². The number of thiazole rings is 1. The van der Waals surface area contributed by atoms with Crippen molar-refractivity contribution in [2.45, 2.75) is 44.2 Å². The average Bonchev–Trinajstić information content (AvgIpc) is 3.16. The van der Waals surface area contributed by atoms with Gasteiger partial charge in [-0.15, -0.1) is 11.3 Å². The minimum Gasteiger partial charge on any atom is -0.337 e. The van der Waals surface area contributed by atoms with Crippen LogP contribution in [0.3, 0.4) is 0 Å². The van der Waals surface area contributed by atoms with Crippen LogP contribution < -0.4 is 5.32 Å². The van der Waals surface area contributed by atoms with Crippen LogP contribution in [-0.2, 0) is 16.1 Å². The average molecular weight is 386 g/mol. The summed E-state index contributed by atoms with van der Waals surface area (Å²) in [6.45, 7) is 0.126. The number of aromatic nitrogens is 1. The lowest BCUT2D eigenvalue weighted by atomic mass is 9.82. The van der Waals surface area contributed by atoms with Gasteiger partial charge in [0.25, 0.3) is 5.91 Å². The fraction of sp³-hybridized carbons (Fsp3) is 0.474. The predicted molar refractivity (Wildman–Crippen MR) is 102 cm³/mol. The summed E-state index contributed by atoms with van der Waals surface area (Å²) in [6.07, 6.45) is 4.24. The van der Waals surface area contributed by atoms with E-state index < -0.39 is 11.6 Å². The number of fused-ring (bicyclic) bond motifs is 1. The van der Waals surface area contributed by atoms with Crippen molar-refractivity contribution >= 4 is 39.4 Å². The molecule has 8 heteroatoms. The smallest absolute Gasteiger partial charge is 0.325 e. The minimum absolute atomic E-state index is 0.228. The van der Waals surface area contributed by atoms with E-state index in [-0.39, 0.29) is 18.4 Å². The van der Waals surface area contributed by atoms with E-state index in [2.05, 4.69) is 10.3 Å². The second kappa shape index (κ2) is 6.92. The lowest BCUT2D eigenvalue weighted by Crippen LogP contribution is -2.49. The maximum atomic E-state index is 12.8. The van der Waals surface area contributed by atoms with E-state index >= 15 is 0 Å². The SMILES string of the molecule is CN(Cc1nc2ccccc2s1)C(=O)CN1C(=O)NC2(CCCCC2)C1=O. The highest BCUT2D eigenvalue weighted by Gasteiger charge is 2.51. The van der Waals surface area contributed by atoms with Crippen LogP contribution in [-0.4, -0.2) is 51.8 Å². The molecule has 1 aliphatic carbocycles. The van der Waals surface area contributed by atoms with E-state index in [4.69, 9.17) is 0 Å². The number of para-hydroxylation sites is 1. The number of benzene rings is 1. The van der Waals surface area contributed by atoms with Crippen molar-refractivity contribution < 1.29 is 14.4 Å². The number of urea groups is 1. The van der Waals surface area contributed by atoms with Gasteiger partial charge in [-0.05, 0) is 25.0 Å². The molecule has 0 unspecified atom stereocenters. The number of imide groups is 1. The van der Waals surface area contributed by atoms with Crippen molar-refractivity contribution in [1.29, 1.82) is 0 Å². The first-order valence-corrected chi connectivity index (χ1v) is 10.0. The zero-order valence-corrected chi connectivity index (χ0v) is 16.1. The number of likely N-dealkylation sites (N-methyl/N-ethyl adjacent to an activating group) is 1. The summed E-state index contributed by atoms with van der Waals surface area (Å²) in [5.41, 5.74) is 0.119. The Morgan fingerprint density at radius 3 is 2.74 bits per heavy atom. The van der Waals surface area contributed by atoms with E-state index in [1.54, 1.807) is 7.05 Å². The molecule has 1 N–H and O–H groups in total. The molecule has 4 rings (SSSR count). The first kappa shape index (κ1) is 17.9. The second-order valence-electron chi connectivity index (χ2n) is 7.29. The van der Waals surface area contributed by atoms with Crippen LogP contribution >= 0.6 is 11.3 Å². The lowest BCUT2D eigenvalue weighted by molar-refractivity contribution is -0.139. The molecule has 2 aliphatic rings. The molecule has 1 aromatic heterocycles. The number of hydrogen-bond donors (Lipinski definition) is 1. The van der Waals surface area contributed by atoms with E-state index in [9.17, 15) is 14.4 Å². The molecule has 2 fully saturated rings. The van der Waals surface area contributed by atoms with Gasteiger partial charge in [0.15, 0.2) is 0 Å². The topological polar surface area (TPSA) is 82.6 Å². The van der Waals surface area contributed by atoms with Gasteiger partial charge >= 0.3 is 6.03 Å². The predicted octanol–water partition coefficient (Wildman–Crippen LogP) is 2.51. The molecule has 4 amide bonds. The molecular formula is C19H22N4O3S. The molecule has 27 heavy (non-hydrogen) atoms. The maximum absolute atomic E-state index is 12.8. The quantitative estimate of drug-likeness (QED) is 0.819. The van der Waals surface area contributed by atoms with Gasteiger partial charge in [0, 0.05) is 7.05 Å². The first-order chi connectivity index (χ1) is 13.0. The molecule has 1 aromatic carbocycles. The molecule has 1 aliphatic heterocycles. The van der Waals surface area contributed by atoms with Gasteiger partial charge in [0.1, 0.15) is 17.1 Å². The van der Waals surface area contributed by atoms with Crippen molar-refractivity contribution in [2.75, 3.05) is 13.6 Å². The second-order valence-corrected chi connectivity index (χ2v) is 8.40. The summed E-state index contributed by atoms with van der Waals surface area (Å²) in [4.78, 5) is 44.8. The fourth-order valence-corrected chi connectivity index (χ4v) is 4.87. The Hall–Kier alpha value is -2.48. The van der Waals surface area contributed by atoms with Crippen molar-refractivity contribution in [3.05, 3.63) is 29.3 Å². The third-order valence-corrected chi connectivity index (χ3v) is 6.40. The van der Waals surface area contributed by atoms with Crippen LogP contribution in [0.5, 0.6) is 0 Å². The number of amides is 4. The summed E-state index contributed by atoms with van der Waals surface area (Å²) in [5.74, 6) is -0.528. The van der Waals surface area contributed by atoms with Gasteiger partial charge in [-0.3, -0.25) is 14.5 Å². The van der Waals surface area contributed by atoms with Crippen LogP contribution in [0.15, 0.2) is 24.3 Å². The number of nitrogens with one attached hydrogen (secondary N) is 1. The highest BCUT2D eigenvalue weighted by atomic mass is 32.1. The molecule has 0 atom stereocenters. The summed E-state index contributed by atoms with van der Waals surface area (Å²) < 4.78 is 1.07. The van der Waals surface area contributed by atoms with Crippen LogP contribution in [0, 0.1) is 0 Å². The monoisotopic (exact) mass is 386 g/mol. The largest absolute Gasteiger partial charge is 0.337 e. The normalized spacial score (nSPS) is 18.9. The Morgan fingerprint density at radius 2 is 2.00 bits per heavy atom. The summed E-state index contributed by atoms with van der Waals surface area (Å²) in [7, 11) is 1.67. The molecule has 0 bridgehead atoms. The number of carbonyl (C=O) groups excluding carboxylic acids is 3. The molecule has 7 nitrogen and oxygen atoms in total. The molecule has 142 valence electrons. The van der Waals surface area contributed by atoms with E-state index in [0.717, 1.165) is 39.4 Å². The molecular weight excluding hydrogens is 364 g/mol. The number of rotatable bonds is 4. The third kappa shape index (κ3) is 3.29. The number of carbonyl (C=O) groups is 3. The number of hydrogen-bond acceptors (Lipinski definition) is 5. The van der Waals surface area contributed by atoms with E-state index in [1.165, 1.54) is 16.2 Å². The van der Waals surface area contributed by atoms with Gasteiger partial charge in [0.05, 0.1) is 16.8 Å². The van der Waals surface area contributed by atoms with Gasteiger partial charge < -0.3 is 10.2 Å². The van der Waals surface area contributed by atoms with Gasteiger partial charge in [0.2, 0.25) is 5.91 Å². The Bertz CT molecular complexity index is 870. The molecule has 0 radical (unpaired) electrons. The summed E-state index contributed by atoms with van der Waals surface area (Å²) in [5, 5.41) is 3.66. The van der Waals surface area contributed by atoms with Crippen molar-refractivity contribution in [1.82, 2.24) is 20.1 Å². The van der Waals surface area contributed by atoms with E-state index in [0.29, 0.717) is 19.4 Å². The van der Waals surface area contributed by atoms with Crippen molar-refractivity contribution in [3.63, 3.8) is 0 Å². The highest BCUT2D eigenvalue weighted by molar-refractivity contribution is 7.18. The Morgan fingerprint density at radius 1 is 1.26 bits per heavy atom. The maximum Gasteiger partial charge on any atom is 0.325 e. The van der Waals surface area contributed by atoms with Crippen LogP contribution in [0.1, 0.15) is 37.1 Å². The summed E-state index contributed by atoms with van der Waals surface area (Å²) in [6, 6.07) is 7.36. The Kier molecular flexibility index (Phi) is 4.59. The molecule has 1 spiro atoms. The lowest BCUT2D eigenvalue weighted by Gasteiger charge is -2.30. The summed E-state index contributed by atoms with van der Waals surface area (Å²) >= 11 is 1.54. The van der Waals surface area contributed by atoms with Crippen molar-refractivity contribution in [2.24, 2.45) is 0 Å². The van der Waals surface area contributed by atoms with Gasteiger partial charge in [-0.1, -0.05) is 31.4 Å². The fourth-order valence-electron chi connectivity index (χ4n) is 3.85. The van der Waals surface area contributed by atoms with Crippen LogP contribution in [0.2, 0.25) is 0 Å². The van der Waals surface area contributed by atoms with Crippen LogP contribution in [0.4, 0.5) is 4.79 Å². The number of nitrogens with zero attached hydrogens (tertiary/aromatic N) is 3. The third-order valence-electron chi connectivity index (χ3n) is 5.38. The zero-order chi connectivity index (χ0) is 19.0. The molecule has 2 heterocycles. The first-order valence-electron chi connectivity index (χ1n) is 9.21. The van der Waals surface area contributed by atoms with Crippen LogP contribution in [0.25, 0.3) is 10.2 Å². The Labute approximate surface area is 161 Å². The zero-order valence-electron chi connectivity index (χ0n) is 15.2. The highest BCUT2D eigenvalue weighted by Crippen LogP contribution is 2.33. The molecule has 1 saturated heterocycles. The van der Waals surface area contributed by atoms with Crippen molar-refractivity contribution in [3.8, 4) is 0 Å². The molecule has 1 saturated carbocycles. The minimum atomic E-state index is -0.790. The standard InChI is InChI=1S/C19H22N4O3S/c1-22(11-15-20-13-7-3-4-8-14(13)27-15)16(24)12-23-17(25)19(21-18(23)26)9-5-2-6-10-19/h3-4,7-8H,2,5-6,9-12H2,1H3,(H,21,26). The van der Waals surface area contributed by atoms with E-state index in [1.807, 2.05) is 24.3 Å². The Balaban J connectivity index is 1.42.